The second kappa shape index (κ2) is 15.6. The van der Waals surface area contributed by atoms with Crippen LogP contribution >= 0.6 is 10.9 Å². The van der Waals surface area contributed by atoms with Crippen molar-refractivity contribution < 1.29 is 17.3 Å². The first-order valence-electron chi connectivity index (χ1n) is 8.34. The van der Waals surface area contributed by atoms with E-state index in [4.69, 9.17) is 40.2 Å². The molecule has 1 unspecified atom stereocenters. The van der Waals surface area contributed by atoms with Crippen molar-refractivity contribution in [2.45, 2.75) is 38.0 Å². The van der Waals surface area contributed by atoms with Crippen LogP contribution in [-0.2, 0) is 17.3 Å². The molecule has 8 N–H and O–H groups in total. The summed E-state index contributed by atoms with van der Waals surface area (Å²) in [7, 11) is -2.30. The molecule has 0 aromatic rings. The molecule has 0 aromatic heterocycles. The zero-order chi connectivity index (χ0) is 17.4. The van der Waals surface area contributed by atoms with Crippen molar-refractivity contribution >= 4 is 10.9 Å². The molecule has 0 amide bonds. The summed E-state index contributed by atoms with van der Waals surface area (Å²) in [6, 6.07) is 0. The summed E-state index contributed by atoms with van der Waals surface area (Å²) in [6.07, 6.45) is 2.95. The quantitative estimate of drug-likeness (QED) is 0.273. The molecular formula is C14H36N4O4S. The molecule has 0 aromatic carbocycles. The van der Waals surface area contributed by atoms with Crippen molar-refractivity contribution in [1.82, 2.24) is 0 Å². The van der Waals surface area contributed by atoms with Gasteiger partial charge in [-0.15, -0.1) is 0 Å². The van der Waals surface area contributed by atoms with Crippen molar-refractivity contribution in [2.24, 2.45) is 22.9 Å². The fraction of sp³-hybridized carbons (Fsp3) is 1.00. The van der Waals surface area contributed by atoms with Gasteiger partial charge in [0.15, 0.2) is 5.44 Å². The number of rotatable bonds is 17. The van der Waals surface area contributed by atoms with E-state index < -0.39 is 10.9 Å². The monoisotopic (exact) mass is 356 g/mol. The van der Waals surface area contributed by atoms with Crippen LogP contribution < -0.4 is 22.9 Å². The lowest BCUT2D eigenvalue weighted by Crippen LogP contribution is -2.28. The van der Waals surface area contributed by atoms with E-state index in [0.717, 1.165) is 25.7 Å². The van der Waals surface area contributed by atoms with E-state index in [0.29, 0.717) is 52.6 Å². The lowest BCUT2D eigenvalue weighted by atomic mass is 10.5. The molecule has 0 saturated heterocycles. The van der Waals surface area contributed by atoms with Gasteiger partial charge in [0.1, 0.15) is 10.9 Å². The average molecular weight is 357 g/mol. The van der Waals surface area contributed by atoms with Gasteiger partial charge in [0.25, 0.3) is 0 Å². The number of ether oxygens (including phenoxy) is 1. The Kier molecular flexibility index (Phi) is 15.6. The normalized spacial score (nSPS) is 14.1. The topological polar surface area (TPSA) is 141 Å². The molecule has 0 fully saturated rings. The molecule has 9 heteroatoms. The van der Waals surface area contributed by atoms with Gasteiger partial charge < -0.3 is 27.7 Å². The van der Waals surface area contributed by atoms with E-state index in [1.807, 2.05) is 6.92 Å². The second-order valence-electron chi connectivity index (χ2n) is 4.97. The summed E-state index contributed by atoms with van der Waals surface area (Å²) < 4.78 is 23.8. The average Bonchev–Trinajstić information content (AvgIpc) is 2.55. The summed E-state index contributed by atoms with van der Waals surface area (Å²) in [5, 5.41) is 0. The molecule has 142 valence electrons. The molecule has 23 heavy (non-hydrogen) atoms. The first-order valence-corrected chi connectivity index (χ1v) is 9.81. The maximum atomic E-state index is 5.98. The lowest BCUT2D eigenvalue weighted by molar-refractivity contribution is 0.0685. The molecule has 0 heterocycles. The molecule has 0 radical (unpaired) electrons. The van der Waals surface area contributed by atoms with Gasteiger partial charge in [0.05, 0.1) is 19.8 Å². The molecule has 0 rings (SSSR count). The summed E-state index contributed by atoms with van der Waals surface area (Å²) in [5.74, 6) is 0. The minimum Gasteiger partial charge on any atom is -0.363 e. The lowest BCUT2D eigenvalue weighted by Gasteiger charge is -2.41. The molecule has 0 spiro atoms. The van der Waals surface area contributed by atoms with Gasteiger partial charge in [-0.25, -0.2) is 0 Å². The fourth-order valence-corrected chi connectivity index (χ4v) is 3.67. The van der Waals surface area contributed by atoms with Crippen LogP contribution in [0.25, 0.3) is 0 Å². The Morgan fingerprint density at radius 2 is 1.00 bits per heavy atom. The van der Waals surface area contributed by atoms with Crippen LogP contribution in [0.3, 0.4) is 0 Å². The van der Waals surface area contributed by atoms with E-state index in [9.17, 15) is 0 Å². The molecule has 0 aliphatic carbocycles. The summed E-state index contributed by atoms with van der Waals surface area (Å²) in [4.78, 5) is 0. The van der Waals surface area contributed by atoms with Gasteiger partial charge >= 0.3 is 0 Å². The van der Waals surface area contributed by atoms with Crippen molar-refractivity contribution in [1.29, 1.82) is 0 Å². The van der Waals surface area contributed by atoms with E-state index in [1.165, 1.54) is 0 Å². The van der Waals surface area contributed by atoms with E-state index in [1.54, 1.807) is 0 Å². The predicted molar refractivity (Wildman–Crippen MR) is 95.5 cm³/mol. The molecule has 8 nitrogen and oxygen atoms in total. The highest BCUT2D eigenvalue weighted by molar-refractivity contribution is 8.22. The van der Waals surface area contributed by atoms with E-state index in [2.05, 4.69) is 0 Å². The van der Waals surface area contributed by atoms with Crippen molar-refractivity contribution in [3.63, 3.8) is 0 Å². The van der Waals surface area contributed by atoms with Crippen LogP contribution in [0.5, 0.6) is 0 Å². The predicted octanol–water partition coefficient (Wildman–Crippen LogP) is 0.344. The summed E-state index contributed by atoms with van der Waals surface area (Å²) in [5.41, 5.74) is 21.8. The highest BCUT2D eigenvalue weighted by Gasteiger charge is 2.35. The number of hydrogen-bond donors (Lipinski definition) is 4. The van der Waals surface area contributed by atoms with Crippen LogP contribution in [0, 0.1) is 0 Å². The Labute approximate surface area is 142 Å². The van der Waals surface area contributed by atoms with Crippen molar-refractivity contribution in [2.75, 3.05) is 52.6 Å². The Morgan fingerprint density at radius 3 is 1.35 bits per heavy atom. The smallest absolute Gasteiger partial charge is 0.152 e. The molecule has 0 aliphatic heterocycles. The molecule has 0 aliphatic rings. The Balaban J connectivity index is 4.83. The number of nitrogens with two attached hydrogens (primary N) is 4. The third kappa shape index (κ3) is 10.5. The zero-order valence-electron chi connectivity index (χ0n) is 14.4. The van der Waals surface area contributed by atoms with Gasteiger partial charge in [-0.3, -0.25) is 12.5 Å². The molecule has 1 atom stereocenters. The third-order valence-electron chi connectivity index (χ3n) is 2.90. The standard InChI is InChI=1S/C14H36N4O4S/c1-14(19-10-2-6-15)23(20-11-3-7-16,21-12-4-8-17)22-13-5-9-18/h14H,2-13,15-18H2,1H3. The SMILES string of the molecule is CC(OCCCN)S(OCCCN)(OCCCN)OCCCN. The maximum Gasteiger partial charge on any atom is 0.152 e. The Morgan fingerprint density at radius 1 is 0.652 bits per heavy atom. The van der Waals surface area contributed by atoms with Gasteiger partial charge in [0, 0.05) is 6.61 Å². The van der Waals surface area contributed by atoms with Crippen LogP contribution in [0.1, 0.15) is 32.6 Å². The van der Waals surface area contributed by atoms with Crippen molar-refractivity contribution in [3.8, 4) is 0 Å². The first kappa shape index (κ1) is 23.0. The van der Waals surface area contributed by atoms with Crippen LogP contribution in [-0.4, -0.2) is 58.0 Å². The number of hydrogen-bond acceptors (Lipinski definition) is 8. The highest BCUT2D eigenvalue weighted by atomic mass is 32.3. The fourth-order valence-electron chi connectivity index (χ4n) is 1.58. The summed E-state index contributed by atoms with van der Waals surface area (Å²) in [6.45, 7) is 6.03. The van der Waals surface area contributed by atoms with Gasteiger partial charge in [0.2, 0.25) is 0 Å². The molecular weight excluding hydrogens is 320 g/mol. The maximum absolute atomic E-state index is 5.98. The van der Waals surface area contributed by atoms with Gasteiger partial charge in [-0.2, -0.15) is 0 Å². The Bertz CT molecular complexity index is 238. The second-order valence-corrected chi connectivity index (χ2v) is 7.32. The van der Waals surface area contributed by atoms with Crippen molar-refractivity contribution in [3.05, 3.63) is 0 Å². The third-order valence-corrected chi connectivity index (χ3v) is 5.33. The van der Waals surface area contributed by atoms with Gasteiger partial charge in [-0.05, 0) is 58.8 Å². The van der Waals surface area contributed by atoms with Crippen LogP contribution in [0.15, 0.2) is 0 Å². The van der Waals surface area contributed by atoms with Crippen LogP contribution in [0.4, 0.5) is 0 Å². The molecule has 0 bridgehead atoms. The van der Waals surface area contributed by atoms with E-state index >= 15 is 0 Å². The zero-order valence-corrected chi connectivity index (χ0v) is 15.2. The summed E-state index contributed by atoms with van der Waals surface area (Å²) >= 11 is 0. The molecule has 0 saturated carbocycles. The van der Waals surface area contributed by atoms with E-state index in [-0.39, 0.29) is 5.44 Å². The minimum atomic E-state index is -2.30. The first-order chi connectivity index (χ1) is 11.2. The highest BCUT2D eigenvalue weighted by Crippen LogP contribution is 2.56. The minimum absolute atomic E-state index is 0.331. The largest absolute Gasteiger partial charge is 0.363 e. The Hall–Kier alpha value is 0.0300. The van der Waals surface area contributed by atoms with Gasteiger partial charge in [-0.1, -0.05) is 0 Å². The van der Waals surface area contributed by atoms with Crippen LogP contribution in [0.2, 0.25) is 0 Å².